The van der Waals surface area contributed by atoms with E-state index in [2.05, 4.69) is 11.6 Å². The largest absolute Gasteiger partial charge is 0.461 e. The maximum Gasteiger partial charge on any atom is 0.340 e. The van der Waals surface area contributed by atoms with Crippen molar-refractivity contribution in [3.63, 3.8) is 0 Å². The predicted octanol–water partition coefficient (Wildman–Crippen LogP) is 2.98. The third-order valence-electron chi connectivity index (χ3n) is 9.56. The van der Waals surface area contributed by atoms with Gasteiger partial charge in [0.05, 0.1) is 29.6 Å². The van der Waals surface area contributed by atoms with Gasteiger partial charge in [0.15, 0.2) is 5.60 Å². The van der Waals surface area contributed by atoms with Crippen molar-refractivity contribution < 1.29 is 43.2 Å². The van der Waals surface area contributed by atoms with Gasteiger partial charge in [-0.1, -0.05) is 32.1 Å². The van der Waals surface area contributed by atoms with Crippen LogP contribution >= 0.6 is 0 Å². The van der Waals surface area contributed by atoms with Crippen LogP contribution in [0, 0.1) is 29.1 Å². The normalized spacial score (nSPS) is 40.6. The summed E-state index contributed by atoms with van der Waals surface area (Å²) in [4.78, 5) is 57.3. The highest BCUT2D eigenvalue weighted by Gasteiger charge is 2.80. The Bertz CT molecular complexity index is 1310. The molecule has 1 N–H and O–H groups in total. The molecule has 2 bridgehead atoms. The lowest BCUT2D eigenvalue weighted by molar-refractivity contribution is -0.200. The van der Waals surface area contributed by atoms with Gasteiger partial charge in [-0.15, -0.1) is 0 Å². The Hall–Kier alpha value is -3.37. The van der Waals surface area contributed by atoms with Crippen molar-refractivity contribution in [1.82, 2.24) is 4.98 Å². The molecule has 220 valence electrons. The highest BCUT2D eigenvalue weighted by Crippen LogP contribution is 2.66. The number of carbonyl (C=O) groups excluding carboxylic acids is 4. The first-order valence-electron chi connectivity index (χ1n) is 14.0. The van der Waals surface area contributed by atoms with Crippen molar-refractivity contribution in [2.45, 2.75) is 77.0 Å². The van der Waals surface area contributed by atoms with Gasteiger partial charge < -0.3 is 24.1 Å². The number of hydrogen-bond acceptors (Lipinski definition) is 10. The van der Waals surface area contributed by atoms with E-state index < -0.39 is 82.3 Å². The summed E-state index contributed by atoms with van der Waals surface area (Å²) in [6, 6.07) is 3.18. The molecule has 10 nitrogen and oxygen atoms in total. The lowest BCUT2D eigenvalue weighted by atomic mass is 9.55. The number of hydrogen-bond donors (Lipinski definition) is 1. The van der Waals surface area contributed by atoms with Crippen LogP contribution in [0.3, 0.4) is 0 Å². The zero-order valence-electron chi connectivity index (χ0n) is 24.0. The van der Waals surface area contributed by atoms with Gasteiger partial charge in [0.2, 0.25) is 5.78 Å². The number of aliphatic hydroxyl groups excluding tert-OH is 1. The van der Waals surface area contributed by atoms with Gasteiger partial charge in [0, 0.05) is 44.0 Å². The number of allylic oxidation sites excluding steroid dienone is 2. The Labute approximate surface area is 239 Å². The third-order valence-corrected chi connectivity index (χ3v) is 9.56. The van der Waals surface area contributed by atoms with Crippen LogP contribution in [0.5, 0.6) is 0 Å². The van der Waals surface area contributed by atoms with Crippen molar-refractivity contribution in [2.24, 2.45) is 29.1 Å². The molecule has 0 aromatic carbocycles. The molecule has 1 aromatic rings. The average molecular weight is 568 g/mol. The Kier molecular flexibility index (Phi) is 7.22. The number of ketones is 1. The Morgan fingerprint density at radius 3 is 2.56 bits per heavy atom. The van der Waals surface area contributed by atoms with Crippen LogP contribution in [0.15, 0.2) is 48.8 Å². The number of ether oxygens (including phenoxy) is 4. The van der Waals surface area contributed by atoms with E-state index in [4.69, 9.17) is 18.9 Å². The van der Waals surface area contributed by atoms with Gasteiger partial charge in [-0.25, -0.2) is 4.79 Å². The molecule has 10 atom stereocenters. The number of pyridine rings is 1. The predicted molar refractivity (Wildman–Crippen MR) is 144 cm³/mol. The summed E-state index contributed by atoms with van der Waals surface area (Å²) < 4.78 is 24.2. The molecular weight excluding hydrogens is 530 g/mol. The third kappa shape index (κ3) is 4.17. The second kappa shape index (κ2) is 10.2. The molecule has 3 aliphatic carbocycles. The van der Waals surface area contributed by atoms with Crippen LogP contribution in [-0.2, 0) is 33.3 Å². The van der Waals surface area contributed by atoms with Crippen LogP contribution in [0.1, 0.15) is 57.8 Å². The molecule has 1 saturated heterocycles. The zero-order chi connectivity index (χ0) is 29.9. The van der Waals surface area contributed by atoms with Gasteiger partial charge in [0.25, 0.3) is 0 Å². The Balaban J connectivity index is 1.72. The molecule has 0 amide bonds. The second-order valence-electron chi connectivity index (χ2n) is 12.1. The first kappa shape index (κ1) is 29.1. The number of fused-ring (bicyclic) bond motifs is 1. The summed E-state index contributed by atoms with van der Waals surface area (Å²) in [5, 5.41) is 12.6. The summed E-state index contributed by atoms with van der Waals surface area (Å²) in [5.41, 5.74) is -3.81. The average Bonchev–Trinajstić information content (AvgIpc) is 3.39. The van der Waals surface area contributed by atoms with Crippen molar-refractivity contribution >= 4 is 23.7 Å². The highest BCUT2D eigenvalue weighted by atomic mass is 16.6. The van der Waals surface area contributed by atoms with Crippen molar-refractivity contribution in [3.8, 4) is 0 Å². The fourth-order valence-electron chi connectivity index (χ4n) is 7.94. The van der Waals surface area contributed by atoms with Crippen LogP contribution in [0.25, 0.3) is 0 Å². The second-order valence-corrected chi connectivity index (χ2v) is 12.1. The van der Waals surface area contributed by atoms with Crippen molar-refractivity contribution in [2.75, 3.05) is 6.61 Å². The van der Waals surface area contributed by atoms with E-state index in [1.807, 2.05) is 13.0 Å². The fraction of sp³-hybridized carbons (Fsp3) is 0.581. The maximum absolute atomic E-state index is 14.8. The van der Waals surface area contributed by atoms with Crippen LogP contribution in [0.4, 0.5) is 0 Å². The molecule has 3 fully saturated rings. The molecular formula is C31H37NO9. The van der Waals surface area contributed by atoms with E-state index >= 15 is 0 Å². The molecule has 4 aliphatic rings. The quantitative estimate of drug-likeness (QED) is 0.310. The first-order chi connectivity index (χ1) is 19.3. The standard InChI is InChI=1S/C31H37NO9/c1-7-22(34)40-24-17(4)13-31(41-18(5)33)23(24)26(35)30-15-38-29(6,28(31)37)25(30)20(16(2)3)10-11-21(30)39-27(36)19-9-8-12-32-14-19/h8-12,14,17,20-21,23-26,35H,2,7,13,15H2,1,3-6H3/t17-,20+,21+,23+,24-,25-,26-,29+,30+,31-/m0/s1. The minimum absolute atomic E-state index is 0.0296. The monoisotopic (exact) mass is 567 g/mol. The number of rotatable bonds is 6. The smallest absolute Gasteiger partial charge is 0.340 e. The van der Waals surface area contributed by atoms with E-state index in [0.29, 0.717) is 0 Å². The van der Waals surface area contributed by atoms with Crippen molar-refractivity contribution in [3.05, 3.63) is 54.4 Å². The number of aromatic nitrogens is 1. The van der Waals surface area contributed by atoms with Crippen LogP contribution in [0.2, 0.25) is 0 Å². The minimum Gasteiger partial charge on any atom is -0.461 e. The topological polar surface area (TPSA) is 138 Å². The van der Waals surface area contributed by atoms with Crippen molar-refractivity contribution in [1.29, 1.82) is 0 Å². The van der Waals surface area contributed by atoms with Gasteiger partial charge in [0.1, 0.15) is 17.8 Å². The summed E-state index contributed by atoms with van der Waals surface area (Å²) in [5.74, 6) is -5.11. The number of esters is 3. The molecule has 41 heavy (non-hydrogen) atoms. The summed E-state index contributed by atoms with van der Waals surface area (Å²) in [7, 11) is 0. The number of aliphatic hydroxyl groups is 1. The Morgan fingerprint density at radius 2 is 1.95 bits per heavy atom. The Morgan fingerprint density at radius 1 is 1.22 bits per heavy atom. The number of Topliss-reactive ketones (excluding diaryl/α,β-unsaturated/α-hetero) is 1. The SMILES string of the molecule is C=C(C)[C@H]1C=C[C@@H](OC(=O)c2cccnc2)[C@@]23CO[C@@](C)(C(=O)[C@]4(OC(C)=O)C[C@H](C)[C@H](OC(=O)CC)[C@@H]4[C@@H]2O)[C@H]13. The van der Waals surface area contributed by atoms with E-state index in [9.17, 15) is 24.3 Å². The molecule has 0 spiro atoms. The molecule has 0 radical (unpaired) electrons. The molecule has 5 rings (SSSR count). The van der Waals surface area contributed by atoms with E-state index in [-0.39, 0.29) is 25.0 Å². The van der Waals surface area contributed by atoms with Gasteiger partial charge in [-0.2, -0.15) is 0 Å². The summed E-state index contributed by atoms with van der Waals surface area (Å²) >= 11 is 0. The first-order valence-corrected chi connectivity index (χ1v) is 14.0. The van der Waals surface area contributed by atoms with E-state index in [1.54, 1.807) is 39.0 Å². The fourth-order valence-corrected chi connectivity index (χ4v) is 7.94. The lowest BCUT2D eigenvalue weighted by Crippen LogP contribution is -2.61. The molecule has 1 aliphatic heterocycles. The maximum atomic E-state index is 14.8. The molecule has 10 heteroatoms. The summed E-state index contributed by atoms with van der Waals surface area (Å²) in [6.45, 7) is 12.1. The highest BCUT2D eigenvalue weighted by molar-refractivity contribution is 5.98. The molecule has 2 heterocycles. The van der Waals surface area contributed by atoms with E-state index in [0.717, 1.165) is 5.57 Å². The number of nitrogens with zero attached hydrogens (tertiary/aromatic N) is 1. The molecule has 0 unspecified atom stereocenters. The van der Waals surface area contributed by atoms with Crippen LogP contribution < -0.4 is 0 Å². The molecule has 1 aromatic heterocycles. The van der Waals surface area contributed by atoms with Crippen LogP contribution in [-0.4, -0.2) is 69.9 Å². The number of carbonyl (C=O) groups is 4. The minimum atomic E-state index is -1.83. The summed E-state index contributed by atoms with van der Waals surface area (Å²) in [6.07, 6.45) is 3.14. The zero-order valence-corrected chi connectivity index (χ0v) is 24.0. The molecule has 2 saturated carbocycles. The lowest BCUT2D eigenvalue weighted by Gasteiger charge is -2.50. The van der Waals surface area contributed by atoms with Gasteiger partial charge in [-0.3, -0.25) is 19.4 Å². The van der Waals surface area contributed by atoms with E-state index in [1.165, 1.54) is 19.3 Å². The van der Waals surface area contributed by atoms with Gasteiger partial charge >= 0.3 is 17.9 Å². The van der Waals surface area contributed by atoms with Gasteiger partial charge in [-0.05, 0) is 38.0 Å².